The van der Waals surface area contributed by atoms with Crippen molar-refractivity contribution in [3.8, 4) is 17.2 Å². The first kappa shape index (κ1) is 12.3. The molecule has 2 rings (SSSR count). The quantitative estimate of drug-likeness (QED) is 0.855. The molecular weight excluding hydrogens is 238 g/mol. The van der Waals surface area contributed by atoms with Gasteiger partial charge in [-0.05, 0) is 0 Å². The zero-order valence-electron chi connectivity index (χ0n) is 10.2. The van der Waals surface area contributed by atoms with Gasteiger partial charge in [0.2, 0.25) is 0 Å². The number of amides is 1. The Hall–Kier alpha value is -2.11. The lowest BCUT2D eigenvalue weighted by molar-refractivity contribution is 0.114. The van der Waals surface area contributed by atoms with Crippen LogP contribution in [0.25, 0.3) is 0 Å². The molecule has 18 heavy (non-hydrogen) atoms. The summed E-state index contributed by atoms with van der Waals surface area (Å²) in [6.07, 6.45) is 0.145. The van der Waals surface area contributed by atoms with Crippen molar-refractivity contribution >= 4 is 6.09 Å². The van der Waals surface area contributed by atoms with Gasteiger partial charge in [-0.2, -0.15) is 0 Å². The van der Waals surface area contributed by atoms with E-state index in [-0.39, 0.29) is 11.8 Å². The number of carbonyl (C=O) groups excluding carboxylic acids is 1. The van der Waals surface area contributed by atoms with Crippen molar-refractivity contribution in [1.29, 1.82) is 0 Å². The molecule has 1 amide bonds. The minimum Gasteiger partial charge on any atom is -0.508 e. The van der Waals surface area contributed by atoms with Gasteiger partial charge >= 0.3 is 6.09 Å². The predicted molar refractivity (Wildman–Crippen MR) is 63.1 cm³/mol. The summed E-state index contributed by atoms with van der Waals surface area (Å²) in [6.45, 7) is 0.337. The Balaban J connectivity index is 2.43. The largest absolute Gasteiger partial charge is 0.508 e. The van der Waals surface area contributed by atoms with E-state index >= 15 is 0 Å². The molecular formula is C12H15NO5. The van der Waals surface area contributed by atoms with E-state index in [1.807, 2.05) is 0 Å². The van der Waals surface area contributed by atoms with Crippen LogP contribution in [0.3, 0.4) is 0 Å². The summed E-state index contributed by atoms with van der Waals surface area (Å²) in [5.74, 6) is 0.990. The van der Waals surface area contributed by atoms with Crippen molar-refractivity contribution in [1.82, 2.24) is 5.32 Å². The number of aromatic hydroxyl groups is 1. The number of nitrogens with one attached hydrogen (secondary N) is 1. The number of phenols is 1. The topological polar surface area (TPSA) is 77.0 Å². The molecule has 1 aromatic carbocycles. The molecule has 6 nitrogen and oxygen atoms in total. The third-order valence-electron chi connectivity index (χ3n) is 2.81. The van der Waals surface area contributed by atoms with Gasteiger partial charge in [-0.3, -0.25) is 0 Å². The molecule has 0 radical (unpaired) electrons. The first-order valence-corrected chi connectivity index (χ1v) is 5.54. The summed E-state index contributed by atoms with van der Waals surface area (Å²) in [6, 6.07) is 2.72. The molecule has 0 aromatic heterocycles. The van der Waals surface area contributed by atoms with E-state index in [9.17, 15) is 9.90 Å². The van der Waals surface area contributed by atoms with E-state index < -0.39 is 6.09 Å². The fourth-order valence-corrected chi connectivity index (χ4v) is 2.01. The number of hydrogen-bond acceptors (Lipinski definition) is 5. The standard InChI is InChI=1S/C12H15NO5/c1-16-9-5-7(14)6-10(17-2)11(9)8-3-4-18-12(15)13-8/h5-6,8,14H,3-4H2,1-2H3,(H,13,15)/t8-/m0/s1. The number of hydrogen-bond donors (Lipinski definition) is 2. The van der Waals surface area contributed by atoms with Gasteiger partial charge in [0.15, 0.2) is 0 Å². The monoisotopic (exact) mass is 253 g/mol. The minimum absolute atomic E-state index is 0.0471. The molecule has 1 aliphatic heterocycles. The van der Waals surface area contributed by atoms with Crippen molar-refractivity contribution in [2.24, 2.45) is 0 Å². The van der Waals surface area contributed by atoms with Gasteiger partial charge in [0.1, 0.15) is 17.2 Å². The van der Waals surface area contributed by atoms with Gasteiger partial charge in [-0.1, -0.05) is 0 Å². The maximum absolute atomic E-state index is 11.2. The van der Waals surface area contributed by atoms with E-state index in [0.717, 1.165) is 0 Å². The molecule has 1 aliphatic rings. The second-order valence-corrected chi connectivity index (χ2v) is 3.89. The maximum atomic E-state index is 11.2. The lowest BCUT2D eigenvalue weighted by Gasteiger charge is -2.26. The van der Waals surface area contributed by atoms with Crippen LogP contribution in [0.1, 0.15) is 18.0 Å². The second kappa shape index (κ2) is 5.03. The van der Waals surface area contributed by atoms with Crippen molar-refractivity contribution in [3.63, 3.8) is 0 Å². The Morgan fingerprint density at radius 1 is 1.33 bits per heavy atom. The smallest absolute Gasteiger partial charge is 0.407 e. The molecule has 1 aromatic rings. The van der Waals surface area contributed by atoms with Gasteiger partial charge in [0, 0.05) is 18.6 Å². The molecule has 2 N–H and O–H groups in total. The number of alkyl carbamates (subject to hydrolysis) is 1. The van der Waals surface area contributed by atoms with Gasteiger partial charge < -0.3 is 24.6 Å². The van der Waals surface area contributed by atoms with Crippen LogP contribution in [-0.2, 0) is 4.74 Å². The molecule has 0 aliphatic carbocycles. The minimum atomic E-state index is -0.469. The summed E-state index contributed by atoms with van der Waals surface area (Å²) in [7, 11) is 3.00. The molecule has 98 valence electrons. The zero-order chi connectivity index (χ0) is 13.1. The van der Waals surface area contributed by atoms with E-state index in [1.165, 1.54) is 26.4 Å². The van der Waals surface area contributed by atoms with Crippen LogP contribution in [0.2, 0.25) is 0 Å². The normalized spacial score (nSPS) is 18.8. The lowest BCUT2D eigenvalue weighted by Crippen LogP contribution is -2.35. The van der Waals surface area contributed by atoms with Crippen molar-refractivity contribution in [3.05, 3.63) is 17.7 Å². The van der Waals surface area contributed by atoms with Crippen molar-refractivity contribution < 1.29 is 24.1 Å². The summed E-state index contributed by atoms with van der Waals surface area (Å²) in [4.78, 5) is 11.2. The average Bonchev–Trinajstić information content (AvgIpc) is 2.37. The highest BCUT2D eigenvalue weighted by atomic mass is 16.6. The van der Waals surface area contributed by atoms with Gasteiger partial charge in [0.05, 0.1) is 32.4 Å². The number of methoxy groups -OCH3 is 2. The van der Waals surface area contributed by atoms with Crippen molar-refractivity contribution in [2.75, 3.05) is 20.8 Å². The van der Waals surface area contributed by atoms with Crippen molar-refractivity contribution in [2.45, 2.75) is 12.5 Å². The Morgan fingerprint density at radius 3 is 2.44 bits per heavy atom. The number of ether oxygens (including phenoxy) is 3. The predicted octanol–water partition coefficient (Wildman–Crippen LogP) is 1.58. The molecule has 1 saturated heterocycles. The molecule has 1 heterocycles. The van der Waals surface area contributed by atoms with Gasteiger partial charge in [-0.25, -0.2) is 4.79 Å². The summed E-state index contributed by atoms with van der Waals surface area (Å²) in [5, 5.41) is 12.3. The van der Waals surface area contributed by atoms with Crippen LogP contribution in [0.4, 0.5) is 4.79 Å². The number of cyclic esters (lactones) is 1. The molecule has 0 saturated carbocycles. The third kappa shape index (κ3) is 2.27. The fourth-order valence-electron chi connectivity index (χ4n) is 2.01. The number of carbonyl (C=O) groups is 1. The number of phenolic OH excluding ortho intramolecular Hbond substituents is 1. The zero-order valence-corrected chi connectivity index (χ0v) is 10.2. The number of benzene rings is 1. The van der Waals surface area contributed by atoms with Gasteiger partial charge in [-0.15, -0.1) is 0 Å². The van der Waals surface area contributed by atoms with E-state index in [4.69, 9.17) is 14.2 Å². The van der Waals surface area contributed by atoms with Crippen LogP contribution in [0.5, 0.6) is 17.2 Å². The highest BCUT2D eigenvalue weighted by Crippen LogP contribution is 2.39. The maximum Gasteiger partial charge on any atom is 0.407 e. The average molecular weight is 253 g/mol. The Bertz CT molecular complexity index is 435. The Morgan fingerprint density at radius 2 is 1.94 bits per heavy atom. The summed E-state index contributed by atoms with van der Waals surface area (Å²) >= 11 is 0. The molecule has 0 unspecified atom stereocenters. The fraction of sp³-hybridized carbons (Fsp3) is 0.417. The molecule has 0 spiro atoms. The number of rotatable bonds is 3. The Labute approximate surface area is 104 Å². The van der Waals surface area contributed by atoms with E-state index in [2.05, 4.69) is 5.32 Å². The van der Waals surface area contributed by atoms with E-state index in [1.54, 1.807) is 0 Å². The van der Waals surface area contributed by atoms with Crippen LogP contribution in [0.15, 0.2) is 12.1 Å². The molecule has 1 atom stereocenters. The second-order valence-electron chi connectivity index (χ2n) is 3.89. The van der Waals surface area contributed by atoms with Gasteiger partial charge in [0.25, 0.3) is 0 Å². The van der Waals surface area contributed by atoms with Crippen LogP contribution in [0, 0.1) is 0 Å². The van der Waals surface area contributed by atoms with Crippen LogP contribution < -0.4 is 14.8 Å². The highest BCUT2D eigenvalue weighted by molar-refractivity contribution is 5.69. The first-order chi connectivity index (χ1) is 8.65. The Kier molecular flexibility index (Phi) is 3.45. The third-order valence-corrected chi connectivity index (χ3v) is 2.81. The first-order valence-electron chi connectivity index (χ1n) is 5.54. The SMILES string of the molecule is COc1cc(O)cc(OC)c1[C@@H]1CCOC(=O)N1. The summed E-state index contributed by atoms with van der Waals surface area (Å²) in [5.41, 5.74) is 0.703. The summed E-state index contributed by atoms with van der Waals surface area (Å²) < 4.78 is 15.3. The van der Waals surface area contributed by atoms with Crippen LogP contribution in [-0.4, -0.2) is 32.0 Å². The molecule has 0 bridgehead atoms. The molecule has 6 heteroatoms. The van der Waals surface area contributed by atoms with E-state index in [0.29, 0.717) is 30.1 Å². The van der Waals surface area contributed by atoms with Crippen LogP contribution >= 0.6 is 0 Å². The molecule has 1 fully saturated rings. The lowest BCUT2D eigenvalue weighted by atomic mass is 10.0. The highest BCUT2D eigenvalue weighted by Gasteiger charge is 2.27.